The quantitative estimate of drug-likeness (QED) is 0.532. The number of fused-ring (bicyclic) bond motifs is 3. The number of nitrogens with zero attached hydrogens (tertiary/aromatic N) is 5. The predicted molar refractivity (Wildman–Crippen MR) is 114 cm³/mol. The van der Waals surface area contributed by atoms with Crippen LogP contribution in [0, 0.1) is 0 Å². The number of hydrogen-bond donors (Lipinski definition) is 1. The third kappa shape index (κ3) is 2.77. The van der Waals surface area contributed by atoms with Crippen LogP contribution in [0.15, 0.2) is 38.6 Å². The van der Waals surface area contributed by atoms with Gasteiger partial charge in [-0.05, 0) is 23.6 Å². The Bertz CT molecular complexity index is 1490. The molecule has 3 heterocycles. The molecule has 0 bridgehead atoms. The molecule has 0 saturated heterocycles. The molecule has 4 aromatic rings. The number of imidazole rings is 1. The molecule has 0 fully saturated rings. The molecule has 0 radical (unpaired) electrons. The topological polar surface area (TPSA) is 104 Å². The maximum absolute atomic E-state index is 13.3. The Labute approximate surface area is 175 Å². The zero-order chi connectivity index (χ0) is 21.9. The van der Waals surface area contributed by atoms with Crippen LogP contribution in [-0.4, -0.2) is 28.2 Å². The van der Waals surface area contributed by atoms with Gasteiger partial charge in [0.05, 0.1) is 12.1 Å². The van der Waals surface area contributed by atoms with Crippen molar-refractivity contribution < 1.29 is 5.11 Å². The average molecular weight is 430 g/mol. The van der Waals surface area contributed by atoms with E-state index in [-0.39, 0.29) is 40.8 Å². The zero-order valence-electron chi connectivity index (χ0n) is 16.9. The van der Waals surface area contributed by atoms with E-state index in [2.05, 4.69) is 4.98 Å². The molecule has 9 nitrogen and oxygen atoms in total. The van der Waals surface area contributed by atoms with Gasteiger partial charge in [-0.3, -0.25) is 23.3 Å². The van der Waals surface area contributed by atoms with E-state index in [0.717, 1.165) is 10.1 Å². The van der Waals surface area contributed by atoms with Crippen molar-refractivity contribution in [3.63, 3.8) is 0 Å². The molecule has 1 aromatic carbocycles. The lowest BCUT2D eigenvalue weighted by Gasteiger charge is -2.16. The lowest BCUT2D eigenvalue weighted by atomic mass is 10.1. The fraction of sp³-hybridized carbons (Fsp3) is 0.300. The molecule has 10 heteroatoms. The van der Waals surface area contributed by atoms with Gasteiger partial charge in [0.2, 0.25) is 11.7 Å². The lowest BCUT2D eigenvalue weighted by molar-refractivity contribution is 0.408. The minimum Gasteiger partial charge on any atom is -0.494 e. The second-order valence-electron chi connectivity index (χ2n) is 7.53. The molecule has 0 unspecified atom stereocenters. The summed E-state index contributed by atoms with van der Waals surface area (Å²) in [6.07, 6.45) is 0. The van der Waals surface area contributed by atoms with Crippen molar-refractivity contribution in [2.45, 2.75) is 26.3 Å². The smallest absolute Gasteiger partial charge is 0.332 e. The standard InChI is InChI=1S/C20H20ClN5O4/c1-10(2)13-16(27)25(9-11-5-7-12(21)8-6-11)19-22-15-14(26(19)17(13)28)18(29)24(4)20(30)23(15)3/h5-8,10,27H,9H2,1-4H3. The molecule has 0 amide bonds. The summed E-state index contributed by atoms with van der Waals surface area (Å²) in [6, 6.07) is 7.03. The summed E-state index contributed by atoms with van der Waals surface area (Å²) in [4.78, 5) is 42.9. The molecular weight excluding hydrogens is 410 g/mol. The largest absolute Gasteiger partial charge is 0.494 e. The molecular formula is C20H20ClN5O4. The lowest BCUT2D eigenvalue weighted by Crippen LogP contribution is -2.38. The summed E-state index contributed by atoms with van der Waals surface area (Å²) >= 11 is 5.96. The monoisotopic (exact) mass is 429 g/mol. The normalized spacial score (nSPS) is 11.8. The molecule has 3 aromatic heterocycles. The first kappa shape index (κ1) is 20.0. The first-order valence-electron chi connectivity index (χ1n) is 9.31. The van der Waals surface area contributed by atoms with Gasteiger partial charge in [-0.1, -0.05) is 37.6 Å². The molecule has 4 rings (SSSR count). The van der Waals surface area contributed by atoms with Crippen molar-refractivity contribution in [1.29, 1.82) is 0 Å². The Hall–Kier alpha value is -3.33. The van der Waals surface area contributed by atoms with Crippen LogP contribution in [0.25, 0.3) is 16.9 Å². The summed E-state index contributed by atoms with van der Waals surface area (Å²) in [5.74, 6) is -0.466. The number of halogens is 1. The third-order valence-electron chi connectivity index (χ3n) is 5.24. The molecule has 156 valence electrons. The van der Waals surface area contributed by atoms with Gasteiger partial charge in [-0.2, -0.15) is 4.98 Å². The minimum absolute atomic E-state index is 0.00800. The summed E-state index contributed by atoms with van der Waals surface area (Å²) in [7, 11) is 2.83. The molecule has 0 aliphatic carbocycles. The molecule has 0 aliphatic heterocycles. The highest BCUT2D eigenvalue weighted by atomic mass is 35.5. The second-order valence-corrected chi connectivity index (χ2v) is 7.97. The molecule has 0 aliphatic rings. The molecule has 30 heavy (non-hydrogen) atoms. The number of rotatable bonds is 3. The first-order chi connectivity index (χ1) is 14.1. The summed E-state index contributed by atoms with van der Waals surface area (Å²) in [5, 5.41) is 11.5. The van der Waals surface area contributed by atoms with Crippen LogP contribution in [0.4, 0.5) is 0 Å². The fourth-order valence-corrected chi connectivity index (χ4v) is 3.76. The van der Waals surface area contributed by atoms with E-state index in [1.165, 1.54) is 27.6 Å². The van der Waals surface area contributed by atoms with Gasteiger partial charge in [0, 0.05) is 19.1 Å². The highest BCUT2D eigenvalue weighted by molar-refractivity contribution is 6.30. The number of aromatic nitrogens is 5. The summed E-state index contributed by atoms with van der Waals surface area (Å²) < 4.78 is 4.79. The Balaban J connectivity index is 2.21. The van der Waals surface area contributed by atoms with Crippen LogP contribution in [0.2, 0.25) is 5.02 Å². The number of hydrogen-bond acceptors (Lipinski definition) is 5. The highest BCUT2D eigenvalue weighted by Crippen LogP contribution is 2.26. The van der Waals surface area contributed by atoms with Gasteiger partial charge in [0.15, 0.2) is 11.2 Å². The van der Waals surface area contributed by atoms with Gasteiger partial charge < -0.3 is 5.11 Å². The Morgan fingerprint density at radius 3 is 2.27 bits per heavy atom. The van der Waals surface area contributed by atoms with Crippen molar-refractivity contribution in [1.82, 2.24) is 23.1 Å². The Morgan fingerprint density at radius 2 is 1.67 bits per heavy atom. The van der Waals surface area contributed by atoms with E-state index in [1.54, 1.807) is 38.1 Å². The van der Waals surface area contributed by atoms with Crippen molar-refractivity contribution in [2.75, 3.05) is 0 Å². The maximum Gasteiger partial charge on any atom is 0.332 e. The fourth-order valence-electron chi connectivity index (χ4n) is 3.64. The van der Waals surface area contributed by atoms with Crippen LogP contribution in [0.1, 0.15) is 30.9 Å². The van der Waals surface area contributed by atoms with E-state index in [0.29, 0.717) is 5.02 Å². The van der Waals surface area contributed by atoms with E-state index in [9.17, 15) is 19.5 Å². The van der Waals surface area contributed by atoms with Gasteiger partial charge in [-0.15, -0.1) is 0 Å². The van der Waals surface area contributed by atoms with Crippen molar-refractivity contribution in [2.24, 2.45) is 14.1 Å². The summed E-state index contributed by atoms with van der Waals surface area (Å²) in [6.45, 7) is 3.74. The van der Waals surface area contributed by atoms with Gasteiger partial charge in [-0.25, -0.2) is 9.20 Å². The van der Waals surface area contributed by atoms with E-state index in [4.69, 9.17) is 11.6 Å². The van der Waals surface area contributed by atoms with Gasteiger partial charge >= 0.3 is 5.69 Å². The van der Waals surface area contributed by atoms with E-state index < -0.39 is 16.8 Å². The Morgan fingerprint density at radius 1 is 1.03 bits per heavy atom. The average Bonchev–Trinajstić information content (AvgIpc) is 3.10. The molecule has 0 spiro atoms. The Kier molecular flexibility index (Phi) is 4.58. The van der Waals surface area contributed by atoms with Crippen molar-refractivity contribution >= 4 is 28.5 Å². The number of aromatic hydroxyl groups is 1. The van der Waals surface area contributed by atoms with E-state index in [1.807, 2.05) is 0 Å². The molecule has 1 N–H and O–H groups in total. The van der Waals surface area contributed by atoms with Crippen LogP contribution in [0.3, 0.4) is 0 Å². The predicted octanol–water partition coefficient (Wildman–Crippen LogP) is 1.58. The minimum atomic E-state index is -0.629. The number of aryl methyl sites for hydroxylation is 1. The van der Waals surface area contributed by atoms with Crippen LogP contribution in [0.5, 0.6) is 5.88 Å². The van der Waals surface area contributed by atoms with Crippen LogP contribution < -0.4 is 16.8 Å². The highest BCUT2D eigenvalue weighted by Gasteiger charge is 2.25. The van der Waals surface area contributed by atoms with Gasteiger partial charge in [0.25, 0.3) is 11.1 Å². The molecule has 0 saturated carbocycles. The summed E-state index contributed by atoms with van der Waals surface area (Å²) in [5.41, 5.74) is -0.688. The van der Waals surface area contributed by atoms with Crippen molar-refractivity contribution in [3.05, 3.63) is 71.6 Å². The van der Waals surface area contributed by atoms with Crippen LogP contribution in [-0.2, 0) is 20.6 Å². The van der Waals surface area contributed by atoms with Crippen LogP contribution >= 0.6 is 11.6 Å². The van der Waals surface area contributed by atoms with E-state index >= 15 is 0 Å². The second kappa shape index (κ2) is 6.88. The van der Waals surface area contributed by atoms with Gasteiger partial charge in [0.1, 0.15) is 0 Å². The molecule has 0 atom stereocenters. The first-order valence-corrected chi connectivity index (χ1v) is 9.69. The number of benzene rings is 1. The van der Waals surface area contributed by atoms with Crippen molar-refractivity contribution in [3.8, 4) is 5.88 Å². The zero-order valence-corrected chi connectivity index (χ0v) is 17.6. The third-order valence-corrected chi connectivity index (χ3v) is 5.49. The maximum atomic E-state index is 13.3. The SMILES string of the molecule is CC(C)c1c(O)n(Cc2ccc(Cl)cc2)c2nc3c(c(=O)n(C)c(=O)n3C)n2c1=O.